The number of fused-ring (bicyclic) bond motifs is 7. The number of hydrogen-bond donors (Lipinski definition) is 0. The zero-order chi connectivity index (χ0) is 40.3. The van der Waals surface area contributed by atoms with Crippen molar-refractivity contribution in [2.75, 3.05) is 4.90 Å². The molecule has 3 heteroatoms. The van der Waals surface area contributed by atoms with E-state index in [0.29, 0.717) is 5.92 Å². The Hall–Kier alpha value is -7.36. The van der Waals surface area contributed by atoms with Crippen LogP contribution in [0.5, 0.6) is 0 Å². The molecular weight excluding hydrogens is 741 g/mol. The quantitative estimate of drug-likeness (QED) is 0.161. The Morgan fingerprint density at radius 2 is 1.11 bits per heavy atom. The second kappa shape index (κ2) is 14.7. The van der Waals surface area contributed by atoms with Crippen molar-refractivity contribution in [1.82, 2.24) is 4.57 Å². The molecule has 1 fully saturated rings. The van der Waals surface area contributed by atoms with Crippen LogP contribution in [0.2, 0.25) is 0 Å². The van der Waals surface area contributed by atoms with Gasteiger partial charge < -0.3 is 13.9 Å². The summed E-state index contributed by atoms with van der Waals surface area (Å²) in [6.07, 6.45) is 6.44. The van der Waals surface area contributed by atoms with Crippen molar-refractivity contribution < 1.29 is 4.42 Å². The van der Waals surface area contributed by atoms with Gasteiger partial charge in [-0.1, -0.05) is 159 Å². The van der Waals surface area contributed by atoms with E-state index in [2.05, 4.69) is 210 Å². The maximum absolute atomic E-state index is 6.55. The van der Waals surface area contributed by atoms with E-state index in [1.54, 1.807) is 0 Å². The molecule has 1 aliphatic rings. The van der Waals surface area contributed by atoms with Gasteiger partial charge in [0.2, 0.25) is 0 Å². The van der Waals surface area contributed by atoms with E-state index >= 15 is 0 Å². The molecule has 0 bridgehead atoms. The second-order valence-corrected chi connectivity index (χ2v) is 16.7. The molecule has 9 aromatic carbocycles. The van der Waals surface area contributed by atoms with Crippen molar-refractivity contribution in [2.45, 2.75) is 38.0 Å². The lowest BCUT2D eigenvalue weighted by Crippen LogP contribution is -2.12. The van der Waals surface area contributed by atoms with Gasteiger partial charge in [0.25, 0.3) is 0 Å². The van der Waals surface area contributed by atoms with E-state index in [-0.39, 0.29) is 0 Å². The van der Waals surface area contributed by atoms with Crippen LogP contribution in [-0.4, -0.2) is 4.57 Å². The largest absolute Gasteiger partial charge is 0.456 e. The van der Waals surface area contributed by atoms with Crippen molar-refractivity contribution in [2.24, 2.45) is 0 Å². The summed E-state index contributed by atoms with van der Waals surface area (Å²) in [4.78, 5) is 2.48. The molecule has 11 aromatic rings. The molecule has 2 aromatic heterocycles. The van der Waals surface area contributed by atoms with E-state index in [1.807, 2.05) is 0 Å². The van der Waals surface area contributed by atoms with Crippen molar-refractivity contribution in [3.8, 4) is 27.9 Å². The predicted molar refractivity (Wildman–Crippen MR) is 257 cm³/mol. The molecule has 292 valence electrons. The Bertz CT molecular complexity index is 3420. The van der Waals surface area contributed by atoms with Gasteiger partial charge in [0.1, 0.15) is 11.2 Å². The molecular formula is C58H44N2O. The van der Waals surface area contributed by atoms with E-state index in [4.69, 9.17) is 4.42 Å². The van der Waals surface area contributed by atoms with Crippen LogP contribution in [-0.2, 0) is 0 Å². The van der Waals surface area contributed by atoms with E-state index in [0.717, 1.165) is 50.3 Å². The second-order valence-electron chi connectivity index (χ2n) is 16.7. The Labute approximate surface area is 355 Å². The van der Waals surface area contributed by atoms with Gasteiger partial charge >= 0.3 is 0 Å². The van der Waals surface area contributed by atoms with Crippen LogP contribution in [0.4, 0.5) is 17.1 Å². The lowest BCUT2D eigenvalue weighted by molar-refractivity contribution is 0.445. The Morgan fingerprint density at radius 1 is 0.443 bits per heavy atom. The van der Waals surface area contributed by atoms with E-state index < -0.39 is 0 Å². The van der Waals surface area contributed by atoms with Gasteiger partial charge in [-0.3, -0.25) is 0 Å². The monoisotopic (exact) mass is 784 g/mol. The van der Waals surface area contributed by atoms with E-state index in [9.17, 15) is 0 Å². The third-order valence-corrected chi connectivity index (χ3v) is 13.2. The summed E-state index contributed by atoms with van der Waals surface area (Å²) in [6.45, 7) is 0. The topological polar surface area (TPSA) is 21.3 Å². The maximum Gasteiger partial charge on any atom is 0.137 e. The smallest absolute Gasteiger partial charge is 0.137 e. The molecule has 1 saturated carbocycles. The average molecular weight is 785 g/mol. The highest BCUT2D eigenvalue weighted by Crippen LogP contribution is 2.49. The van der Waals surface area contributed by atoms with Crippen LogP contribution >= 0.6 is 0 Å². The Balaban J connectivity index is 1.09. The zero-order valence-corrected chi connectivity index (χ0v) is 34.0. The molecule has 0 unspecified atom stereocenters. The van der Waals surface area contributed by atoms with Crippen LogP contribution in [0, 0.1) is 0 Å². The summed E-state index contributed by atoms with van der Waals surface area (Å²) in [5, 5.41) is 7.40. The summed E-state index contributed by atoms with van der Waals surface area (Å²) in [7, 11) is 0. The van der Waals surface area contributed by atoms with Crippen LogP contribution in [0.1, 0.15) is 43.6 Å². The molecule has 2 heterocycles. The van der Waals surface area contributed by atoms with E-state index in [1.165, 1.54) is 86.9 Å². The highest BCUT2D eigenvalue weighted by molar-refractivity contribution is 6.15. The van der Waals surface area contributed by atoms with Crippen molar-refractivity contribution in [3.63, 3.8) is 0 Å². The molecule has 0 N–H and O–H groups in total. The van der Waals surface area contributed by atoms with Crippen molar-refractivity contribution in [3.05, 3.63) is 206 Å². The summed E-state index contributed by atoms with van der Waals surface area (Å²) < 4.78 is 8.95. The first-order valence-electron chi connectivity index (χ1n) is 21.8. The zero-order valence-electron chi connectivity index (χ0n) is 34.0. The molecule has 0 atom stereocenters. The minimum absolute atomic E-state index is 0.572. The molecule has 0 saturated heterocycles. The van der Waals surface area contributed by atoms with Gasteiger partial charge in [0.15, 0.2) is 0 Å². The summed E-state index contributed by atoms with van der Waals surface area (Å²) in [5.74, 6) is 0.572. The third-order valence-electron chi connectivity index (χ3n) is 13.2. The van der Waals surface area contributed by atoms with Crippen LogP contribution in [0.15, 0.2) is 205 Å². The molecule has 12 rings (SSSR count). The Morgan fingerprint density at radius 3 is 2.02 bits per heavy atom. The lowest BCUT2D eigenvalue weighted by atomic mass is 9.80. The van der Waals surface area contributed by atoms with Gasteiger partial charge in [-0.15, -0.1) is 0 Å². The minimum atomic E-state index is 0.572. The van der Waals surface area contributed by atoms with Crippen LogP contribution in [0.25, 0.3) is 82.5 Å². The summed E-state index contributed by atoms with van der Waals surface area (Å²) in [5.41, 5.74) is 14.9. The number of aromatic nitrogens is 1. The van der Waals surface area contributed by atoms with Crippen molar-refractivity contribution in [1.29, 1.82) is 0 Å². The predicted octanol–water partition coefficient (Wildman–Crippen LogP) is 16.7. The van der Waals surface area contributed by atoms with Crippen molar-refractivity contribution >= 4 is 71.6 Å². The van der Waals surface area contributed by atoms with Gasteiger partial charge in [-0.25, -0.2) is 0 Å². The van der Waals surface area contributed by atoms with Gasteiger partial charge in [-0.05, 0) is 112 Å². The number of nitrogens with zero attached hydrogens (tertiary/aromatic N) is 2. The number of furan rings is 1. The van der Waals surface area contributed by atoms with Crippen LogP contribution < -0.4 is 4.90 Å². The first kappa shape index (κ1) is 35.6. The molecule has 0 aliphatic heterocycles. The fourth-order valence-corrected chi connectivity index (χ4v) is 10.4. The first-order valence-corrected chi connectivity index (χ1v) is 21.8. The fraction of sp³-hybridized carbons (Fsp3) is 0.103. The van der Waals surface area contributed by atoms with Gasteiger partial charge in [0, 0.05) is 33.1 Å². The molecule has 61 heavy (non-hydrogen) atoms. The highest BCUT2D eigenvalue weighted by atomic mass is 16.3. The fourth-order valence-electron chi connectivity index (χ4n) is 10.4. The maximum atomic E-state index is 6.55. The van der Waals surface area contributed by atoms with Crippen LogP contribution in [0.3, 0.4) is 0 Å². The molecule has 1 aliphatic carbocycles. The SMILES string of the molecule is c1ccc(-n2c3ccccc3c3ccc(-c4cccc(N(c5ccccc5-c5cccc6cccc(C7CCCCC7)c56)c5cccc6oc7ccccc7c56)c4)cc32)cc1. The standard InChI is InChI=1S/C58H44N2O/c1-3-17-39(18-4-1)45-28-14-19-40-20-15-29-49(57(40)45)47-26-8-11-31-52(47)60(53-32-16-34-56-58(53)50-27-9-12-33-55(50)61-56)44-24-13-21-41(37-44)42-35-36-48-46-25-7-10-30-51(46)59(54(48)38-42)43-22-5-2-6-23-43/h2,5-16,19-39H,1,3-4,17-18H2. The number of benzene rings is 9. The number of hydrogen-bond acceptors (Lipinski definition) is 2. The molecule has 3 nitrogen and oxygen atoms in total. The Kier molecular flexibility index (Phi) is 8.59. The molecule has 0 radical (unpaired) electrons. The molecule has 0 spiro atoms. The normalized spacial score (nSPS) is 13.5. The highest BCUT2D eigenvalue weighted by Gasteiger charge is 2.25. The summed E-state index contributed by atoms with van der Waals surface area (Å²) in [6, 6.07) is 73.3. The van der Waals surface area contributed by atoms with Gasteiger partial charge in [-0.2, -0.15) is 0 Å². The number of para-hydroxylation sites is 4. The first-order chi connectivity index (χ1) is 30.3. The number of anilines is 3. The number of rotatable bonds is 7. The van der Waals surface area contributed by atoms with Gasteiger partial charge in [0.05, 0.1) is 27.8 Å². The summed E-state index contributed by atoms with van der Waals surface area (Å²) >= 11 is 0. The lowest BCUT2D eigenvalue weighted by Gasteiger charge is -2.30. The average Bonchev–Trinajstić information content (AvgIpc) is 3.88. The molecule has 0 amide bonds. The minimum Gasteiger partial charge on any atom is -0.456 e. The third kappa shape index (κ3) is 5.95.